The van der Waals surface area contributed by atoms with Gasteiger partial charge in [0.2, 0.25) is 0 Å². The largest absolute Gasteiger partial charge is 0.494 e. The van der Waals surface area contributed by atoms with Gasteiger partial charge in [-0.05, 0) is 57.5 Å². The number of hydrogen-bond donors (Lipinski definition) is 2. The fraction of sp³-hybridized carbons (Fsp3) is 0.364. The molecule has 2 N–H and O–H groups in total. The lowest BCUT2D eigenvalue weighted by molar-refractivity contribution is 0.0522. The van der Waals surface area contributed by atoms with E-state index < -0.39 is 35.3 Å². The third-order valence-corrected chi connectivity index (χ3v) is 4.19. The van der Waals surface area contributed by atoms with E-state index in [0.29, 0.717) is 5.56 Å². The Kier molecular flexibility index (Phi) is 7.37. The van der Waals surface area contributed by atoms with E-state index in [0.717, 1.165) is 0 Å². The van der Waals surface area contributed by atoms with E-state index in [2.05, 4.69) is 10.6 Å². The number of ether oxygens (including phenoxy) is 2. The molecule has 0 aromatic heterocycles. The Balaban J connectivity index is 2.16. The normalized spacial score (nSPS) is 12.1. The molecule has 6 nitrogen and oxygen atoms in total. The maximum absolute atomic E-state index is 14.4. The van der Waals surface area contributed by atoms with Crippen molar-refractivity contribution in [1.82, 2.24) is 10.6 Å². The number of halogens is 2. The van der Waals surface area contributed by atoms with Crippen molar-refractivity contribution in [2.75, 3.05) is 7.11 Å². The van der Waals surface area contributed by atoms with Crippen LogP contribution in [-0.4, -0.2) is 24.7 Å². The van der Waals surface area contributed by atoms with Gasteiger partial charge in [-0.1, -0.05) is 12.1 Å². The molecule has 0 saturated heterocycles. The van der Waals surface area contributed by atoms with Crippen molar-refractivity contribution in [3.63, 3.8) is 0 Å². The molecule has 0 heterocycles. The summed E-state index contributed by atoms with van der Waals surface area (Å²) >= 11 is 0. The van der Waals surface area contributed by atoms with Crippen LogP contribution in [0, 0.1) is 11.6 Å². The molecule has 0 aliphatic rings. The number of nitrogens with one attached hydrogen (secondary N) is 2. The Morgan fingerprint density at radius 3 is 2.43 bits per heavy atom. The standard InChI is InChI=1S/C22H26F2N2O4/c1-13(14-9-10-18(24)19(11-14)29-5)26-20(27)15-7-6-8-17(23)16(15)12-25-21(28)30-22(2,3)4/h6-11,13H,12H2,1-5H3,(H,25,28)(H,26,27). The van der Waals surface area contributed by atoms with Crippen molar-refractivity contribution < 1.29 is 27.8 Å². The first-order valence-electron chi connectivity index (χ1n) is 9.40. The lowest BCUT2D eigenvalue weighted by atomic mass is 10.0. The van der Waals surface area contributed by atoms with Gasteiger partial charge in [0.1, 0.15) is 11.4 Å². The monoisotopic (exact) mass is 420 g/mol. The van der Waals surface area contributed by atoms with E-state index in [-0.39, 0.29) is 23.4 Å². The van der Waals surface area contributed by atoms with E-state index >= 15 is 0 Å². The van der Waals surface area contributed by atoms with Crippen LogP contribution in [0.5, 0.6) is 5.75 Å². The zero-order valence-corrected chi connectivity index (χ0v) is 17.6. The molecule has 0 bridgehead atoms. The highest BCUT2D eigenvalue weighted by Crippen LogP contribution is 2.23. The molecule has 2 amide bonds. The van der Waals surface area contributed by atoms with Crippen molar-refractivity contribution in [3.8, 4) is 5.75 Å². The molecule has 0 fully saturated rings. The highest BCUT2D eigenvalue weighted by molar-refractivity contribution is 5.96. The van der Waals surface area contributed by atoms with Gasteiger partial charge in [-0.2, -0.15) is 0 Å². The van der Waals surface area contributed by atoms with Crippen LogP contribution in [0.25, 0.3) is 0 Å². The molecule has 30 heavy (non-hydrogen) atoms. The summed E-state index contributed by atoms with van der Waals surface area (Å²) in [7, 11) is 1.35. The number of rotatable bonds is 6. The minimum atomic E-state index is -0.719. The first kappa shape index (κ1) is 23.1. The number of alkyl carbamates (subject to hydrolysis) is 1. The Morgan fingerprint density at radius 1 is 1.10 bits per heavy atom. The summed E-state index contributed by atoms with van der Waals surface area (Å²) in [5, 5.41) is 5.21. The molecule has 162 valence electrons. The van der Waals surface area contributed by atoms with Gasteiger partial charge in [0, 0.05) is 17.7 Å². The molecule has 1 atom stereocenters. The third kappa shape index (κ3) is 6.17. The molecule has 0 aliphatic heterocycles. The van der Waals surface area contributed by atoms with Crippen LogP contribution in [0.3, 0.4) is 0 Å². The first-order valence-corrected chi connectivity index (χ1v) is 9.40. The fourth-order valence-corrected chi connectivity index (χ4v) is 2.73. The molecule has 0 saturated carbocycles. The van der Waals surface area contributed by atoms with Gasteiger partial charge in [-0.15, -0.1) is 0 Å². The van der Waals surface area contributed by atoms with Gasteiger partial charge >= 0.3 is 6.09 Å². The summed E-state index contributed by atoms with van der Waals surface area (Å²) in [5.41, 5.74) is 0.0219. The van der Waals surface area contributed by atoms with Crippen LogP contribution >= 0.6 is 0 Å². The van der Waals surface area contributed by atoms with Crippen LogP contribution in [0.4, 0.5) is 13.6 Å². The molecule has 8 heteroatoms. The molecule has 0 aliphatic carbocycles. The highest BCUT2D eigenvalue weighted by Gasteiger charge is 2.20. The Bertz CT molecular complexity index is 926. The van der Waals surface area contributed by atoms with Crippen molar-refractivity contribution in [2.24, 2.45) is 0 Å². The number of carbonyl (C=O) groups excluding carboxylic acids is 2. The zero-order valence-electron chi connectivity index (χ0n) is 17.6. The van der Waals surface area contributed by atoms with Crippen molar-refractivity contribution in [1.29, 1.82) is 0 Å². The van der Waals surface area contributed by atoms with Crippen molar-refractivity contribution in [3.05, 3.63) is 64.7 Å². The SMILES string of the molecule is COc1cc(C(C)NC(=O)c2cccc(F)c2CNC(=O)OC(C)(C)C)ccc1F. The molecule has 2 rings (SSSR count). The molecular weight excluding hydrogens is 394 g/mol. The summed E-state index contributed by atoms with van der Waals surface area (Å²) in [6.07, 6.45) is -0.719. The van der Waals surface area contributed by atoms with Crippen LogP contribution in [0.15, 0.2) is 36.4 Å². The first-order chi connectivity index (χ1) is 14.0. The number of methoxy groups -OCH3 is 1. The predicted molar refractivity (Wildman–Crippen MR) is 108 cm³/mol. The zero-order chi connectivity index (χ0) is 22.5. The van der Waals surface area contributed by atoms with Gasteiger partial charge in [0.25, 0.3) is 5.91 Å². The van der Waals surface area contributed by atoms with Crippen LogP contribution in [0.1, 0.15) is 55.2 Å². The average molecular weight is 420 g/mol. The molecule has 2 aromatic rings. The molecule has 1 unspecified atom stereocenters. The van der Waals surface area contributed by atoms with Gasteiger partial charge in [0.15, 0.2) is 11.6 Å². The molecular formula is C22H26F2N2O4. The minimum absolute atomic E-state index is 0.0322. The lowest BCUT2D eigenvalue weighted by Gasteiger charge is -2.20. The van der Waals surface area contributed by atoms with E-state index in [1.54, 1.807) is 27.7 Å². The number of carbonyl (C=O) groups is 2. The summed E-state index contributed by atoms with van der Waals surface area (Å²) in [6, 6.07) is 7.83. The smallest absolute Gasteiger partial charge is 0.407 e. The van der Waals surface area contributed by atoms with E-state index in [4.69, 9.17) is 9.47 Å². The number of hydrogen-bond acceptors (Lipinski definition) is 4. The Hall–Kier alpha value is -3.16. The van der Waals surface area contributed by atoms with Gasteiger partial charge in [-0.3, -0.25) is 4.79 Å². The third-order valence-electron chi connectivity index (χ3n) is 4.19. The summed E-state index contributed by atoms with van der Waals surface area (Å²) < 4.78 is 38.1. The second-order valence-corrected chi connectivity index (χ2v) is 7.71. The van der Waals surface area contributed by atoms with Gasteiger partial charge in [-0.25, -0.2) is 13.6 Å². The second-order valence-electron chi connectivity index (χ2n) is 7.71. The Labute approximate surface area is 174 Å². The number of amides is 2. The predicted octanol–water partition coefficient (Wildman–Crippen LogP) is 4.49. The topological polar surface area (TPSA) is 76.7 Å². The lowest BCUT2D eigenvalue weighted by Crippen LogP contribution is -2.33. The van der Waals surface area contributed by atoms with Crippen LogP contribution in [0.2, 0.25) is 0 Å². The maximum atomic E-state index is 14.4. The fourth-order valence-electron chi connectivity index (χ4n) is 2.73. The van der Waals surface area contributed by atoms with E-state index in [1.807, 2.05) is 0 Å². The minimum Gasteiger partial charge on any atom is -0.494 e. The van der Waals surface area contributed by atoms with E-state index in [1.165, 1.54) is 43.5 Å². The van der Waals surface area contributed by atoms with Crippen molar-refractivity contribution >= 4 is 12.0 Å². The van der Waals surface area contributed by atoms with Gasteiger partial charge in [0.05, 0.1) is 13.2 Å². The number of benzene rings is 2. The molecule has 0 radical (unpaired) electrons. The quantitative estimate of drug-likeness (QED) is 0.722. The van der Waals surface area contributed by atoms with Crippen LogP contribution < -0.4 is 15.4 Å². The van der Waals surface area contributed by atoms with Crippen LogP contribution in [-0.2, 0) is 11.3 Å². The second kappa shape index (κ2) is 9.56. The molecule has 0 spiro atoms. The highest BCUT2D eigenvalue weighted by atomic mass is 19.1. The summed E-state index contributed by atoms with van der Waals surface area (Å²) in [5.74, 6) is -1.62. The van der Waals surface area contributed by atoms with Crippen molar-refractivity contribution in [2.45, 2.75) is 45.9 Å². The summed E-state index contributed by atoms with van der Waals surface area (Å²) in [6.45, 7) is 6.62. The average Bonchev–Trinajstić information content (AvgIpc) is 2.65. The Morgan fingerprint density at radius 2 is 1.80 bits per heavy atom. The molecule has 2 aromatic carbocycles. The summed E-state index contributed by atoms with van der Waals surface area (Å²) in [4.78, 5) is 24.6. The van der Waals surface area contributed by atoms with E-state index in [9.17, 15) is 18.4 Å². The van der Waals surface area contributed by atoms with Gasteiger partial charge < -0.3 is 20.1 Å². The maximum Gasteiger partial charge on any atom is 0.407 e.